The van der Waals surface area contributed by atoms with E-state index in [0.717, 1.165) is 12.8 Å². The lowest BCUT2D eigenvalue weighted by atomic mass is 10.1. The molecular formula is C11H14FNO2. The molecule has 0 aliphatic carbocycles. The summed E-state index contributed by atoms with van der Waals surface area (Å²) in [5.74, 6) is -0.687. The number of carbonyl (C=O) groups excluding carboxylic acids is 1. The predicted octanol–water partition coefficient (Wildman–Crippen LogP) is 2.11. The Morgan fingerprint density at radius 3 is 3.00 bits per heavy atom. The molecule has 3 nitrogen and oxygen atoms in total. The Kier molecular flexibility index (Phi) is 4.74. The van der Waals surface area contributed by atoms with Gasteiger partial charge in [-0.25, -0.2) is 4.98 Å². The second kappa shape index (κ2) is 6.11. The Labute approximate surface area is 88.3 Å². The Bertz CT molecular complexity index is 328. The number of pyridine rings is 1. The first-order valence-corrected chi connectivity index (χ1v) is 4.93. The first-order chi connectivity index (χ1) is 7.20. The third-order valence-electron chi connectivity index (χ3n) is 1.98. The van der Waals surface area contributed by atoms with Gasteiger partial charge >= 0.3 is 5.97 Å². The van der Waals surface area contributed by atoms with Crippen LogP contribution in [0.3, 0.4) is 0 Å². The van der Waals surface area contributed by atoms with Crippen LogP contribution in [0.15, 0.2) is 18.3 Å². The lowest BCUT2D eigenvalue weighted by Crippen LogP contribution is -2.01. The number of unbranched alkanes of at least 4 members (excludes halogenated alkanes) is 1. The topological polar surface area (TPSA) is 39.2 Å². The van der Waals surface area contributed by atoms with Crippen molar-refractivity contribution in [1.82, 2.24) is 4.98 Å². The quantitative estimate of drug-likeness (QED) is 0.425. The van der Waals surface area contributed by atoms with E-state index >= 15 is 0 Å². The van der Waals surface area contributed by atoms with Gasteiger partial charge < -0.3 is 4.74 Å². The molecule has 1 rings (SSSR count). The molecule has 1 aromatic heterocycles. The largest absolute Gasteiger partial charge is 0.466 e. The van der Waals surface area contributed by atoms with Crippen molar-refractivity contribution in [3.8, 4) is 0 Å². The smallest absolute Gasteiger partial charge is 0.302 e. The number of carbonyl (C=O) groups is 1. The maximum atomic E-state index is 13.0. The van der Waals surface area contributed by atoms with Crippen molar-refractivity contribution in [1.29, 1.82) is 0 Å². The number of hydrogen-bond donors (Lipinski definition) is 0. The molecule has 0 amide bonds. The number of rotatable bonds is 5. The van der Waals surface area contributed by atoms with Crippen LogP contribution in [0, 0.1) is 5.95 Å². The van der Waals surface area contributed by atoms with E-state index in [1.165, 1.54) is 13.1 Å². The van der Waals surface area contributed by atoms with E-state index in [0.29, 0.717) is 18.6 Å². The molecule has 0 N–H and O–H groups in total. The van der Waals surface area contributed by atoms with Gasteiger partial charge in [0.15, 0.2) is 0 Å². The van der Waals surface area contributed by atoms with Crippen LogP contribution in [0.25, 0.3) is 0 Å². The number of nitrogens with zero attached hydrogens (tertiary/aromatic N) is 1. The maximum Gasteiger partial charge on any atom is 0.302 e. The summed E-state index contributed by atoms with van der Waals surface area (Å²) in [4.78, 5) is 14.0. The van der Waals surface area contributed by atoms with E-state index < -0.39 is 5.95 Å². The molecule has 0 saturated carbocycles. The van der Waals surface area contributed by atoms with Gasteiger partial charge in [0.1, 0.15) is 0 Å². The van der Waals surface area contributed by atoms with Crippen molar-refractivity contribution in [3.05, 3.63) is 29.8 Å². The first-order valence-electron chi connectivity index (χ1n) is 4.93. The second-order valence-corrected chi connectivity index (χ2v) is 3.25. The zero-order valence-corrected chi connectivity index (χ0v) is 8.70. The summed E-state index contributed by atoms with van der Waals surface area (Å²) in [6.45, 7) is 1.78. The fraction of sp³-hybridized carbons (Fsp3) is 0.455. The molecule has 0 saturated heterocycles. The van der Waals surface area contributed by atoms with E-state index in [1.54, 1.807) is 12.1 Å². The second-order valence-electron chi connectivity index (χ2n) is 3.25. The normalized spacial score (nSPS) is 10.0. The fourth-order valence-electron chi connectivity index (χ4n) is 1.24. The molecule has 4 heteroatoms. The van der Waals surface area contributed by atoms with Crippen LogP contribution in [-0.2, 0) is 16.0 Å². The average Bonchev–Trinajstić information content (AvgIpc) is 2.20. The molecule has 0 radical (unpaired) electrons. The molecule has 1 aromatic rings. The van der Waals surface area contributed by atoms with Crippen LogP contribution in [0.2, 0.25) is 0 Å². The first kappa shape index (κ1) is 11.6. The SMILES string of the molecule is CC(=O)OCCCCc1cccnc1F. The van der Waals surface area contributed by atoms with Crippen LogP contribution in [-0.4, -0.2) is 17.6 Å². The average molecular weight is 211 g/mol. The summed E-state index contributed by atoms with van der Waals surface area (Å²) >= 11 is 0. The number of halogens is 1. The van der Waals surface area contributed by atoms with Crippen LogP contribution in [0.1, 0.15) is 25.3 Å². The van der Waals surface area contributed by atoms with Gasteiger partial charge in [-0.05, 0) is 25.3 Å². The molecule has 0 aromatic carbocycles. The molecule has 15 heavy (non-hydrogen) atoms. The van der Waals surface area contributed by atoms with Gasteiger partial charge in [0.2, 0.25) is 5.95 Å². The third kappa shape index (κ3) is 4.54. The minimum atomic E-state index is -0.412. The van der Waals surface area contributed by atoms with Crippen molar-refractivity contribution in [2.24, 2.45) is 0 Å². The Balaban J connectivity index is 2.21. The minimum Gasteiger partial charge on any atom is -0.466 e. The Morgan fingerprint density at radius 1 is 1.53 bits per heavy atom. The summed E-state index contributed by atoms with van der Waals surface area (Å²) in [5.41, 5.74) is 0.611. The molecular weight excluding hydrogens is 197 g/mol. The van der Waals surface area contributed by atoms with Crippen LogP contribution in [0.4, 0.5) is 4.39 Å². The molecule has 0 aliphatic rings. The van der Waals surface area contributed by atoms with Crippen molar-refractivity contribution >= 4 is 5.97 Å². The zero-order valence-electron chi connectivity index (χ0n) is 8.70. The highest BCUT2D eigenvalue weighted by Crippen LogP contribution is 2.07. The summed E-state index contributed by atoms with van der Waals surface area (Å²) < 4.78 is 17.8. The number of aromatic nitrogens is 1. The monoisotopic (exact) mass is 211 g/mol. The van der Waals surface area contributed by atoms with Crippen molar-refractivity contribution in [2.75, 3.05) is 6.61 Å². The van der Waals surface area contributed by atoms with Crippen molar-refractivity contribution in [2.45, 2.75) is 26.2 Å². The number of aryl methyl sites for hydroxylation is 1. The highest BCUT2D eigenvalue weighted by molar-refractivity contribution is 5.65. The highest BCUT2D eigenvalue weighted by atomic mass is 19.1. The van der Waals surface area contributed by atoms with Crippen molar-refractivity contribution < 1.29 is 13.9 Å². The van der Waals surface area contributed by atoms with Crippen LogP contribution < -0.4 is 0 Å². The van der Waals surface area contributed by atoms with E-state index in [2.05, 4.69) is 4.98 Å². The lowest BCUT2D eigenvalue weighted by Gasteiger charge is -2.02. The van der Waals surface area contributed by atoms with Gasteiger partial charge in [0.25, 0.3) is 0 Å². The molecule has 0 aliphatic heterocycles. The van der Waals surface area contributed by atoms with E-state index in [4.69, 9.17) is 4.74 Å². The Morgan fingerprint density at radius 2 is 2.33 bits per heavy atom. The van der Waals surface area contributed by atoms with Crippen LogP contribution in [0.5, 0.6) is 0 Å². The van der Waals surface area contributed by atoms with Gasteiger partial charge in [0, 0.05) is 18.7 Å². The van der Waals surface area contributed by atoms with Gasteiger partial charge in [-0.2, -0.15) is 4.39 Å². The van der Waals surface area contributed by atoms with Gasteiger partial charge in [-0.1, -0.05) is 6.07 Å². The fourth-order valence-corrected chi connectivity index (χ4v) is 1.24. The number of ether oxygens (including phenoxy) is 1. The molecule has 0 fully saturated rings. The van der Waals surface area contributed by atoms with Gasteiger partial charge in [-0.15, -0.1) is 0 Å². The predicted molar refractivity (Wildman–Crippen MR) is 53.8 cm³/mol. The van der Waals surface area contributed by atoms with Gasteiger partial charge in [0.05, 0.1) is 6.61 Å². The maximum absolute atomic E-state index is 13.0. The third-order valence-corrected chi connectivity index (χ3v) is 1.98. The summed E-state index contributed by atoms with van der Waals surface area (Å²) in [7, 11) is 0. The van der Waals surface area contributed by atoms with Crippen molar-refractivity contribution in [3.63, 3.8) is 0 Å². The molecule has 0 spiro atoms. The zero-order chi connectivity index (χ0) is 11.1. The molecule has 0 unspecified atom stereocenters. The molecule has 0 atom stereocenters. The molecule has 82 valence electrons. The molecule has 1 heterocycles. The summed E-state index contributed by atoms with van der Waals surface area (Å²) in [6.07, 6.45) is 3.59. The van der Waals surface area contributed by atoms with E-state index in [-0.39, 0.29) is 5.97 Å². The Hall–Kier alpha value is -1.45. The van der Waals surface area contributed by atoms with Crippen LogP contribution >= 0.6 is 0 Å². The highest BCUT2D eigenvalue weighted by Gasteiger charge is 2.01. The lowest BCUT2D eigenvalue weighted by molar-refractivity contribution is -0.141. The number of esters is 1. The number of hydrogen-bond acceptors (Lipinski definition) is 3. The summed E-state index contributed by atoms with van der Waals surface area (Å²) in [5, 5.41) is 0. The standard InChI is InChI=1S/C11H14FNO2/c1-9(14)15-8-3-2-5-10-6-4-7-13-11(10)12/h4,6-7H,2-3,5,8H2,1H3. The molecule has 0 bridgehead atoms. The summed E-state index contributed by atoms with van der Waals surface area (Å²) in [6, 6.07) is 3.43. The van der Waals surface area contributed by atoms with E-state index in [1.807, 2.05) is 0 Å². The van der Waals surface area contributed by atoms with E-state index in [9.17, 15) is 9.18 Å². The van der Waals surface area contributed by atoms with Gasteiger partial charge in [-0.3, -0.25) is 4.79 Å². The minimum absolute atomic E-state index is 0.275.